The molecule has 6 nitrogen and oxygen atoms in total. The number of nitrogens with one attached hydrogen (secondary N) is 1. The predicted molar refractivity (Wildman–Crippen MR) is 79.7 cm³/mol. The molecule has 3 heterocycles. The van der Waals surface area contributed by atoms with Crippen molar-refractivity contribution in [2.24, 2.45) is 7.05 Å². The van der Waals surface area contributed by atoms with Crippen molar-refractivity contribution >= 4 is 17.5 Å². The normalized spacial score (nSPS) is 18.9. The maximum absolute atomic E-state index is 12.9. The number of halogens is 4. The van der Waals surface area contributed by atoms with E-state index in [0.717, 1.165) is 23.2 Å². The Bertz CT molecular complexity index is 740. The first-order valence-corrected chi connectivity index (χ1v) is 7.75. The summed E-state index contributed by atoms with van der Waals surface area (Å²) in [4.78, 5) is 14.2. The minimum Gasteiger partial charge on any atom is -0.337 e. The van der Waals surface area contributed by atoms with Gasteiger partial charge >= 0.3 is 6.18 Å². The fourth-order valence-electron chi connectivity index (χ4n) is 2.97. The zero-order chi connectivity index (χ0) is 17.5. The second-order valence-electron chi connectivity index (χ2n) is 5.73. The molecule has 1 aliphatic rings. The molecular formula is C14H15ClF3N5O. The maximum atomic E-state index is 12.9. The Morgan fingerprint density at radius 3 is 2.79 bits per heavy atom. The van der Waals surface area contributed by atoms with Crippen LogP contribution in [0.5, 0.6) is 0 Å². The highest BCUT2D eigenvalue weighted by molar-refractivity contribution is 6.34. The summed E-state index contributed by atoms with van der Waals surface area (Å²) in [6.07, 6.45) is -1.45. The number of H-pyrrole nitrogens is 1. The lowest BCUT2D eigenvalue weighted by Gasteiger charge is -2.32. The summed E-state index contributed by atoms with van der Waals surface area (Å²) in [5.41, 5.74) is -0.578. The molecule has 1 fully saturated rings. The molecule has 0 spiro atoms. The average molecular weight is 362 g/mol. The van der Waals surface area contributed by atoms with Crippen LogP contribution in [0.3, 0.4) is 0 Å². The molecule has 0 aromatic carbocycles. The number of aromatic nitrogens is 4. The van der Waals surface area contributed by atoms with Crippen LogP contribution in [0.4, 0.5) is 13.2 Å². The molecule has 1 unspecified atom stereocenters. The SMILES string of the molecule is Cn1nc(C(F)(F)F)c(Cl)c1C(=O)N1CCCC(c2ccn[nH]2)C1. The van der Waals surface area contributed by atoms with Gasteiger partial charge in [-0.25, -0.2) is 0 Å². The second kappa shape index (κ2) is 6.12. The third-order valence-corrected chi connectivity index (χ3v) is 4.49. The van der Waals surface area contributed by atoms with Gasteiger partial charge in [0.05, 0.1) is 0 Å². The minimum atomic E-state index is -4.70. The van der Waals surface area contributed by atoms with E-state index in [9.17, 15) is 18.0 Å². The molecule has 1 atom stereocenters. The van der Waals surface area contributed by atoms with E-state index in [2.05, 4.69) is 15.3 Å². The molecule has 0 saturated carbocycles. The Labute approximate surface area is 140 Å². The summed E-state index contributed by atoms with van der Waals surface area (Å²) in [6.45, 7) is 0.857. The molecule has 130 valence electrons. The Morgan fingerprint density at radius 1 is 1.46 bits per heavy atom. The molecule has 2 aromatic rings. The van der Waals surface area contributed by atoms with Gasteiger partial charge in [-0.2, -0.15) is 23.4 Å². The zero-order valence-corrected chi connectivity index (χ0v) is 13.5. The van der Waals surface area contributed by atoms with E-state index in [0.29, 0.717) is 13.1 Å². The molecule has 1 N–H and O–H groups in total. The predicted octanol–water partition coefficient (Wildman–Crippen LogP) is 2.84. The number of amides is 1. The number of aryl methyl sites for hydroxylation is 1. The number of hydrogen-bond acceptors (Lipinski definition) is 3. The molecule has 3 rings (SSSR count). The van der Waals surface area contributed by atoms with Gasteiger partial charge in [0.15, 0.2) is 5.69 Å². The molecule has 10 heteroatoms. The van der Waals surface area contributed by atoms with E-state index in [1.165, 1.54) is 11.9 Å². The van der Waals surface area contributed by atoms with Crippen LogP contribution >= 0.6 is 11.6 Å². The number of alkyl halides is 3. The van der Waals surface area contributed by atoms with Gasteiger partial charge in [0, 0.05) is 37.9 Å². The van der Waals surface area contributed by atoms with Crippen molar-refractivity contribution in [2.45, 2.75) is 24.9 Å². The highest BCUT2D eigenvalue weighted by atomic mass is 35.5. The monoisotopic (exact) mass is 361 g/mol. The van der Waals surface area contributed by atoms with Crippen molar-refractivity contribution < 1.29 is 18.0 Å². The highest BCUT2D eigenvalue weighted by Crippen LogP contribution is 2.36. The summed E-state index contributed by atoms with van der Waals surface area (Å²) in [5.74, 6) is -0.478. The topological polar surface area (TPSA) is 66.8 Å². The van der Waals surface area contributed by atoms with Gasteiger partial charge in [0.2, 0.25) is 0 Å². The van der Waals surface area contributed by atoms with E-state index >= 15 is 0 Å². The Hall–Kier alpha value is -2.03. The number of piperidine rings is 1. The fourth-order valence-corrected chi connectivity index (χ4v) is 3.32. The largest absolute Gasteiger partial charge is 0.436 e. The molecule has 0 aliphatic carbocycles. The van der Waals surface area contributed by atoms with Gasteiger partial charge in [-0.15, -0.1) is 0 Å². The average Bonchev–Trinajstić information content (AvgIpc) is 3.15. The first-order chi connectivity index (χ1) is 11.3. The summed E-state index contributed by atoms with van der Waals surface area (Å²) < 4.78 is 39.6. The number of likely N-dealkylation sites (tertiary alicyclic amines) is 1. The van der Waals surface area contributed by atoms with Crippen LogP contribution in [-0.2, 0) is 13.2 Å². The van der Waals surface area contributed by atoms with Crippen molar-refractivity contribution in [2.75, 3.05) is 13.1 Å². The number of carbonyl (C=O) groups is 1. The van der Waals surface area contributed by atoms with Gasteiger partial charge in [-0.1, -0.05) is 11.6 Å². The number of aromatic amines is 1. The van der Waals surface area contributed by atoms with Gasteiger partial charge < -0.3 is 4.90 Å². The van der Waals surface area contributed by atoms with Crippen LogP contribution in [0.25, 0.3) is 0 Å². The Balaban J connectivity index is 1.85. The van der Waals surface area contributed by atoms with Crippen LogP contribution in [0, 0.1) is 0 Å². The molecular weight excluding hydrogens is 347 g/mol. The number of rotatable bonds is 2. The summed E-state index contributed by atoms with van der Waals surface area (Å²) in [5, 5.41) is 9.48. The number of hydrogen-bond donors (Lipinski definition) is 1. The van der Waals surface area contributed by atoms with Crippen LogP contribution in [-0.4, -0.2) is 43.9 Å². The Kier molecular flexibility index (Phi) is 4.29. The lowest BCUT2D eigenvalue weighted by molar-refractivity contribution is -0.141. The Morgan fingerprint density at radius 2 is 2.21 bits per heavy atom. The molecule has 0 radical (unpaired) electrons. The van der Waals surface area contributed by atoms with E-state index in [4.69, 9.17) is 11.6 Å². The number of carbonyl (C=O) groups excluding carboxylic acids is 1. The minimum absolute atomic E-state index is 0.0688. The van der Waals surface area contributed by atoms with Gasteiger partial charge in [-0.3, -0.25) is 14.6 Å². The van der Waals surface area contributed by atoms with E-state index in [-0.39, 0.29) is 11.6 Å². The van der Waals surface area contributed by atoms with E-state index in [1.807, 2.05) is 6.07 Å². The van der Waals surface area contributed by atoms with E-state index in [1.54, 1.807) is 6.20 Å². The molecule has 1 aliphatic heterocycles. The summed E-state index contributed by atoms with van der Waals surface area (Å²) in [6, 6.07) is 1.83. The van der Waals surface area contributed by atoms with Crippen LogP contribution < -0.4 is 0 Å². The summed E-state index contributed by atoms with van der Waals surface area (Å²) >= 11 is 5.80. The highest BCUT2D eigenvalue weighted by Gasteiger charge is 2.40. The fraction of sp³-hybridized carbons (Fsp3) is 0.500. The van der Waals surface area contributed by atoms with Crippen molar-refractivity contribution in [1.29, 1.82) is 0 Å². The molecule has 0 bridgehead atoms. The zero-order valence-electron chi connectivity index (χ0n) is 12.8. The van der Waals surface area contributed by atoms with Crippen molar-refractivity contribution in [3.05, 3.63) is 34.4 Å². The smallest absolute Gasteiger partial charge is 0.337 e. The van der Waals surface area contributed by atoms with Crippen LogP contribution in [0.2, 0.25) is 5.02 Å². The molecule has 1 saturated heterocycles. The quantitative estimate of drug-likeness (QED) is 0.894. The third kappa shape index (κ3) is 3.00. The van der Waals surface area contributed by atoms with Crippen molar-refractivity contribution in [3.8, 4) is 0 Å². The van der Waals surface area contributed by atoms with Crippen LogP contribution in [0.15, 0.2) is 12.3 Å². The standard InChI is InChI=1S/C14H15ClF3N5O/c1-22-11(10(15)12(21-22)14(16,17)18)13(24)23-6-2-3-8(7-23)9-4-5-19-20-9/h4-5,8H,2-3,6-7H2,1H3,(H,19,20). The van der Waals surface area contributed by atoms with Gasteiger partial charge in [-0.05, 0) is 18.9 Å². The molecule has 1 amide bonds. The lowest BCUT2D eigenvalue weighted by atomic mass is 9.94. The van der Waals surface area contributed by atoms with Gasteiger partial charge in [0.1, 0.15) is 10.7 Å². The first kappa shape index (κ1) is 16.8. The second-order valence-corrected chi connectivity index (χ2v) is 6.11. The van der Waals surface area contributed by atoms with Crippen molar-refractivity contribution in [1.82, 2.24) is 24.9 Å². The van der Waals surface area contributed by atoms with Crippen molar-refractivity contribution in [3.63, 3.8) is 0 Å². The molecule has 2 aromatic heterocycles. The number of nitrogens with zero attached hydrogens (tertiary/aromatic N) is 4. The first-order valence-electron chi connectivity index (χ1n) is 7.37. The third-order valence-electron chi connectivity index (χ3n) is 4.13. The molecule has 24 heavy (non-hydrogen) atoms. The van der Waals surface area contributed by atoms with E-state index < -0.39 is 22.8 Å². The maximum Gasteiger partial charge on any atom is 0.436 e. The summed E-state index contributed by atoms with van der Waals surface area (Å²) in [7, 11) is 1.28. The lowest BCUT2D eigenvalue weighted by Crippen LogP contribution is -2.40. The van der Waals surface area contributed by atoms with Crippen LogP contribution in [0.1, 0.15) is 40.6 Å². The van der Waals surface area contributed by atoms with Gasteiger partial charge in [0.25, 0.3) is 5.91 Å².